The standard InChI is InChI=1S/C18H31N3OS/c1-13-5-7-21(8-6-13)12-15(22)10-19-11-18-20-16-4-3-14(2)9-17(16)23-18/h13-15,19,22H,3-12H2,1-2H3. The molecule has 23 heavy (non-hydrogen) atoms. The first-order valence-electron chi connectivity index (χ1n) is 9.18. The van der Waals surface area contributed by atoms with Crippen LogP contribution < -0.4 is 5.32 Å². The highest BCUT2D eigenvalue weighted by atomic mass is 32.1. The molecule has 0 aromatic carbocycles. The van der Waals surface area contributed by atoms with Crippen molar-refractivity contribution in [3.63, 3.8) is 0 Å². The van der Waals surface area contributed by atoms with Crippen LogP contribution in [0.2, 0.25) is 0 Å². The van der Waals surface area contributed by atoms with Gasteiger partial charge in [0, 0.05) is 24.5 Å². The Balaban J connectivity index is 1.37. The van der Waals surface area contributed by atoms with Gasteiger partial charge in [-0.05, 0) is 57.0 Å². The van der Waals surface area contributed by atoms with Crippen LogP contribution in [0.4, 0.5) is 0 Å². The van der Waals surface area contributed by atoms with E-state index in [0.29, 0.717) is 6.54 Å². The van der Waals surface area contributed by atoms with Crippen LogP contribution in [0.15, 0.2) is 0 Å². The highest BCUT2D eigenvalue weighted by molar-refractivity contribution is 7.11. The molecule has 1 fully saturated rings. The van der Waals surface area contributed by atoms with Gasteiger partial charge in [-0.15, -0.1) is 11.3 Å². The topological polar surface area (TPSA) is 48.4 Å². The molecule has 0 amide bonds. The number of hydrogen-bond acceptors (Lipinski definition) is 5. The fraction of sp³-hybridized carbons (Fsp3) is 0.833. The average molecular weight is 338 g/mol. The molecule has 3 rings (SSSR count). The third-order valence-electron chi connectivity index (χ3n) is 5.23. The summed E-state index contributed by atoms with van der Waals surface area (Å²) in [6, 6.07) is 0. The second kappa shape index (κ2) is 8.06. The molecular weight excluding hydrogens is 306 g/mol. The van der Waals surface area contributed by atoms with Crippen molar-refractivity contribution in [3.8, 4) is 0 Å². The minimum absolute atomic E-state index is 0.280. The molecular formula is C18H31N3OS. The second-order valence-corrected chi connectivity index (χ2v) is 8.76. The highest BCUT2D eigenvalue weighted by Gasteiger charge is 2.20. The minimum atomic E-state index is -0.280. The molecule has 4 nitrogen and oxygen atoms in total. The van der Waals surface area contributed by atoms with Gasteiger partial charge in [0.2, 0.25) is 0 Å². The number of hydrogen-bond donors (Lipinski definition) is 2. The number of aryl methyl sites for hydroxylation is 1. The first-order valence-corrected chi connectivity index (χ1v) is 10.0. The van der Waals surface area contributed by atoms with E-state index in [2.05, 4.69) is 24.1 Å². The summed E-state index contributed by atoms with van der Waals surface area (Å²) in [6.45, 7) is 9.17. The molecule has 1 aliphatic heterocycles. The molecule has 130 valence electrons. The van der Waals surface area contributed by atoms with Crippen LogP contribution in [-0.2, 0) is 19.4 Å². The Hall–Kier alpha value is -0.490. The van der Waals surface area contributed by atoms with Crippen molar-refractivity contribution in [2.24, 2.45) is 11.8 Å². The fourth-order valence-corrected chi connectivity index (χ4v) is 4.87. The molecule has 2 unspecified atom stereocenters. The third-order valence-corrected chi connectivity index (χ3v) is 6.35. The van der Waals surface area contributed by atoms with Gasteiger partial charge in [-0.3, -0.25) is 0 Å². The summed E-state index contributed by atoms with van der Waals surface area (Å²) in [4.78, 5) is 8.66. The summed E-state index contributed by atoms with van der Waals surface area (Å²) in [5, 5.41) is 14.8. The maximum absolute atomic E-state index is 10.2. The van der Waals surface area contributed by atoms with E-state index in [9.17, 15) is 5.11 Å². The minimum Gasteiger partial charge on any atom is -0.390 e. The van der Waals surface area contributed by atoms with Gasteiger partial charge < -0.3 is 15.3 Å². The number of aliphatic hydroxyl groups is 1. The molecule has 1 saturated heterocycles. The lowest BCUT2D eigenvalue weighted by atomic mass is 9.93. The van der Waals surface area contributed by atoms with Crippen LogP contribution in [-0.4, -0.2) is 47.3 Å². The molecule has 0 bridgehead atoms. The van der Waals surface area contributed by atoms with Gasteiger partial charge in [0.1, 0.15) is 5.01 Å². The third kappa shape index (κ3) is 4.99. The van der Waals surface area contributed by atoms with Crippen molar-refractivity contribution >= 4 is 11.3 Å². The zero-order valence-corrected chi connectivity index (χ0v) is 15.4. The van der Waals surface area contributed by atoms with Crippen molar-refractivity contribution in [2.75, 3.05) is 26.2 Å². The number of thiazole rings is 1. The van der Waals surface area contributed by atoms with Crippen LogP contribution in [0.3, 0.4) is 0 Å². The Morgan fingerprint density at radius 1 is 1.26 bits per heavy atom. The fourth-order valence-electron chi connectivity index (χ4n) is 3.62. The van der Waals surface area contributed by atoms with Crippen LogP contribution in [0.5, 0.6) is 0 Å². The number of nitrogens with zero attached hydrogens (tertiary/aromatic N) is 2. The lowest BCUT2D eigenvalue weighted by Crippen LogP contribution is -2.41. The van der Waals surface area contributed by atoms with Crippen molar-refractivity contribution in [2.45, 2.75) is 58.6 Å². The molecule has 5 heteroatoms. The molecule has 2 N–H and O–H groups in total. The van der Waals surface area contributed by atoms with Crippen molar-refractivity contribution in [3.05, 3.63) is 15.6 Å². The van der Waals surface area contributed by atoms with E-state index in [0.717, 1.165) is 44.4 Å². The largest absolute Gasteiger partial charge is 0.390 e. The average Bonchev–Trinajstić information content (AvgIpc) is 2.91. The summed E-state index contributed by atoms with van der Waals surface area (Å²) in [5.74, 6) is 1.65. The Labute approximate surface area is 144 Å². The zero-order valence-electron chi connectivity index (χ0n) is 14.6. The van der Waals surface area contributed by atoms with E-state index in [1.807, 2.05) is 11.3 Å². The maximum Gasteiger partial charge on any atom is 0.107 e. The smallest absolute Gasteiger partial charge is 0.107 e. The summed E-state index contributed by atoms with van der Waals surface area (Å²) in [6.07, 6.45) is 5.87. The molecule has 2 heterocycles. The van der Waals surface area contributed by atoms with Crippen molar-refractivity contribution in [1.29, 1.82) is 0 Å². The van der Waals surface area contributed by atoms with Crippen LogP contribution in [0, 0.1) is 11.8 Å². The van der Waals surface area contributed by atoms with E-state index < -0.39 is 0 Å². The Bertz CT molecular complexity index is 496. The molecule has 2 aliphatic rings. The number of β-amino-alcohol motifs (C(OH)–C–C–N with tert-alkyl or cyclic N) is 1. The van der Waals surface area contributed by atoms with E-state index >= 15 is 0 Å². The van der Waals surface area contributed by atoms with Gasteiger partial charge in [-0.25, -0.2) is 4.98 Å². The van der Waals surface area contributed by atoms with Crippen molar-refractivity contribution in [1.82, 2.24) is 15.2 Å². The lowest BCUT2D eigenvalue weighted by Gasteiger charge is -2.31. The molecule has 0 saturated carbocycles. The zero-order chi connectivity index (χ0) is 16.2. The van der Waals surface area contributed by atoms with E-state index in [1.165, 1.54) is 41.3 Å². The number of piperidine rings is 1. The summed E-state index contributed by atoms with van der Waals surface area (Å²) in [5.41, 5.74) is 1.33. The second-order valence-electron chi connectivity index (χ2n) is 7.59. The van der Waals surface area contributed by atoms with Gasteiger partial charge in [0.15, 0.2) is 0 Å². The van der Waals surface area contributed by atoms with Gasteiger partial charge >= 0.3 is 0 Å². The van der Waals surface area contributed by atoms with Crippen molar-refractivity contribution < 1.29 is 5.11 Å². The van der Waals surface area contributed by atoms with Gasteiger partial charge in [0.25, 0.3) is 0 Å². The van der Waals surface area contributed by atoms with Gasteiger partial charge in [-0.2, -0.15) is 0 Å². The van der Waals surface area contributed by atoms with Crippen LogP contribution in [0.1, 0.15) is 48.7 Å². The summed E-state index contributed by atoms with van der Waals surface area (Å²) < 4.78 is 0. The van der Waals surface area contributed by atoms with E-state index in [-0.39, 0.29) is 6.10 Å². The Morgan fingerprint density at radius 2 is 2.04 bits per heavy atom. The number of aromatic nitrogens is 1. The predicted molar refractivity (Wildman–Crippen MR) is 95.9 cm³/mol. The quantitative estimate of drug-likeness (QED) is 0.837. The highest BCUT2D eigenvalue weighted by Crippen LogP contribution is 2.29. The Morgan fingerprint density at radius 3 is 2.83 bits per heavy atom. The van der Waals surface area contributed by atoms with Crippen LogP contribution >= 0.6 is 11.3 Å². The Kier molecular flexibility index (Phi) is 6.07. The first-order chi connectivity index (χ1) is 11.1. The molecule has 1 aromatic rings. The number of fused-ring (bicyclic) bond motifs is 1. The number of likely N-dealkylation sites (tertiary alicyclic amines) is 1. The summed E-state index contributed by atoms with van der Waals surface area (Å²) in [7, 11) is 0. The molecule has 1 aromatic heterocycles. The SMILES string of the molecule is CC1CCN(CC(O)CNCc2nc3c(s2)CC(C)CC3)CC1. The lowest BCUT2D eigenvalue weighted by molar-refractivity contribution is 0.0907. The normalized spacial score (nSPS) is 24.6. The predicted octanol–water partition coefficient (Wildman–Crippen LogP) is 2.45. The molecule has 1 aliphatic carbocycles. The van der Waals surface area contributed by atoms with Gasteiger partial charge in [0.05, 0.1) is 11.8 Å². The monoisotopic (exact) mass is 337 g/mol. The number of rotatable bonds is 6. The molecule has 0 spiro atoms. The van der Waals surface area contributed by atoms with Gasteiger partial charge in [-0.1, -0.05) is 13.8 Å². The van der Waals surface area contributed by atoms with E-state index in [1.54, 1.807) is 0 Å². The van der Waals surface area contributed by atoms with E-state index in [4.69, 9.17) is 4.98 Å². The number of nitrogens with one attached hydrogen (secondary N) is 1. The summed E-state index contributed by atoms with van der Waals surface area (Å²) >= 11 is 1.86. The van der Waals surface area contributed by atoms with Crippen LogP contribution in [0.25, 0.3) is 0 Å². The maximum atomic E-state index is 10.2. The first kappa shape index (κ1) is 17.3. The molecule has 2 atom stereocenters. The molecule has 0 radical (unpaired) electrons. The number of aliphatic hydroxyl groups excluding tert-OH is 1.